The predicted octanol–water partition coefficient (Wildman–Crippen LogP) is 4.51. The second-order valence-electron chi connectivity index (χ2n) is 5.84. The summed E-state index contributed by atoms with van der Waals surface area (Å²) in [4.78, 5) is 12.5. The molecule has 1 aliphatic carbocycles. The molecule has 106 valence electrons. The van der Waals surface area contributed by atoms with Gasteiger partial charge in [-0.25, -0.2) is 0 Å². The molecule has 1 aliphatic rings. The van der Waals surface area contributed by atoms with Gasteiger partial charge in [0.05, 0.1) is 0 Å². The molecule has 0 unspecified atom stereocenters. The fourth-order valence-electron chi connectivity index (χ4n) is 2.95. The maximum absolute atomic E-state index is 12.5. The SMILES string of the molecule is CCCCCCC(=O)C1(OCC)CCC(C)CC1. The molecule has 18 heavy (non-hydrogen) atoms. The summed E-state index contributed by atoms with van der Waals surface area (Å²) >= 11 is 0. The highest BCUT2D eigenvalue weighted by molar-refractivity contribution is 5.87. The smallest absolute Gasteiger partial charge is 0.164 e. The molecule has 2 heteroatoms. The second-order valence-corrected chi connectivity index (χ2v) is 5.84. The largest absolute Gasteiger partial charge is 0.368 e. The van der Waals surface area contributed by atoms with E-state index in [4.69, 9.17) is 4.74 Å². The lowest BCUT2D eigenvalue weighted by molar-refractivity contribution is -0.150. The minimum Gasteiger partial charge on any atom is -0.368 e. The third-order valence-electron chi connectivity index (χ3n) is 4.27. The number of hydrogen-bond donors (Lipinski definition) is 0. The molecule has 1 fully saturated rings. The Kier molecular flexibility index (Phi) is 6.91. The zero-order valence-electron chi connectivity index (χ0n) is 12.5. The van der Waals surface area contributed by atoms with Crippen molar-refractivity contribution in [3.8, 4) is 0 Å². The Morgan fingerprint density at radius 1 is 1.17 bits per heavy atom. The van der Waals surface area contributed by atoms with Crippen LogP contribution < -0.4 is 0 Å². The number of carbonyl (C=O) groups excluding carboxylic acids is 1. The van der Waals surface area contributed by atoms with E-state index in [1.807, 2.05) is 6.92 Å². The Morgan fingerprint density at radius 3 is 2.39 bits per heavy atom. The van der Waals surface area contributed by atoms with E-state index in [0.717, 1.165) is 38.0 Å². The molecule has 0 aromatic rings. The van der Waals surface area contributed by atoms with Crippen molar-refractivity contribution in [2.24, 2.45) is 5.92 Å². The van der Waals surface area contributed by atoms with Crippen molar-refractivity contribution in [1.82, 2.24) is 0 Å². The summed E-state index contributed by atoms with van der Waals surface area (Å²) in [7, 11) is 0. The van der Waals surface area contributed by atoms with E-state index in [0.29, 0.717) is 18.8 Å². The zero-order chi connectivity index (χ0) is 13.4. The van der Waals surface area contributed by atoms with E-state index < -0.39 is 5.60 Å². The molecule has 1 saturated carbocycles. The molecule has 1 rings (SSSR count). The van der Waals surface area contributed by atoms with Crippen molar-refractivity contribution in [1.29, 1.82) is 0 Å². The summed E-state index contributed by atoms with van der Waals surface area (Å²) in [5.41, 5.74) is -0.423. The monoisotopic (exact) mass is 254 g/mol. The summed E-state index contributed by atoms with van der Waals surface area (Å²) < 4.78 is 5.89. The first kappa shape index (κ1) is 15.7. The van der Waals surface area contributed by atoms with Crippen LogP contribution in [0.3, 0.4) is 0 Å². The molecule has 0 heterocycles. The van der Waals surface area contributed by atoms with Gasteiger partial charge in [0.15, 0.2) is 5.78 Å². The fraction of sp³-hybridized carbons (Fsp3) is 0.938. The quantitative estimate of drug-likeness (QED) is 0.596. The number of Topliss-reactive ketones (excluding diaryl/α,β-unsaturated/α-hetero) is 1. The van der Waals surface area contributed by atoms with E-state index in [1.165, 1.54) is 19.3 Å². The van der Waals surface area contributed by atoms with Crippen LogP contribution in [0.2, 0.25) is 0 Å². The van der Waals surface area contributed by atoms with Gasteiger partial charge in [0.2, 0.25) is 0 Å². The summed E-state index contributed by atoms with van der Waals surface area (Å²) in [6, 6.07) is 0. The Morgan fingerprint density at radius 2 is 1.83 bits per heavy atom. The maximum Gasteiger partial charge on any atom is 0.164 e. The van der Waals surface area contributed by atoms with Crippen molar-refractivity contribution in [2.45, 2.75) is 84.2 Å². The number of hydrogen-bond acceptors (Lipinski definition) is 2. The van der Waals surface area contributed by atoms with Gasteiger partial charge in [0.25, 0.3) is 0 Å². The van der Waals surface area contributed by atoms with E-state index in [1.54, 1.807) is 0 Å². The van der Waals surface area contributed by atoms with Gasteiger partial charge in [-0.3, -0.25) is 4.79 Å². The minimum absolute atomic E-state index is 0.368. The molecule has 2 nitrogen and oxygen atoms in total. The van der Waals surface area contributed by atoms with Crippen molar-refractivity contribution < 1.29 is 9.53 Å². The summed E-state index contributed by atoms with van der Waals surface area (Å²) in [5, 5.41) is 0. The van der Waals surface area contributed by atoms with Gasteiger partial charge < -0.3 is 4.74 Å². The predicted molar refractivity (Wildman–Crippen MR) is 75.8 cm³/mol. The second kappa shape index (κ2) is 7.93. The van der Waals surface area contributed by atoms with Crippen LogP contribution in [-0.4, -0.2) is 18.0 Å². The van der Waals surface area contributed by atoms with E-state index >= 15 is 0 Å². The van der Waals surface area contributed by atoms with Crippen LogP contribution in [0.1, 0.15) is 78.6 Å². The Labute approximate surface area is 112 Å². The molecule has 0 aromatic carbocycles. The van der Waals surface area contributed by atoms with Crippen LogP contribution in [0.5, 0.6) is 0 Å². The van der Waals surface area contributed by atoms with Gasteiger partial charge in [0.1, 0.15) is 5.60 Å². The van der Waals surface area contributed by atoms with Gasteiger partial charge in [0, 0.05) is 13.0 Å². The normalized spacial score (nSPS) is 28.3. The number of ketones is 1. The van der Waals surface area contributed by atoms with Crippen LogP contribution in [0.4, 0.5) is 0 Å². The van der Waals surface area contributed by atoms with Gasteiger partial charge in [-0.15, -0.1) is 0 Å². The zero-order valence-corrected chi connectivity index (χ0v) is 12.5. The first-order chi connectivity index (χ1) is 8.64. The molecule has 0 aromatic heterocycles. The van der Waals surface area contributed by atoms with E-state index in [9.17, 15) is 4.79 Å². The van der Waals surface area contributed by atoms with Crippen LogP contribution >= 0.6 is 0 Å². The average molecular weight is 254 g/mol. The standard InChI is InChI=1S/C16H30O2/c1-4-6-7-8-9-15(17)16(18-5-2)12-10-14(3)11-13-16/h14H,4-13H2,1-3H3. The number of carbonyl (C=O) groups is 1. The van der Waals surface area contributed by atoms with Gasteiger partial charge in [-0.05, 0) is 44.9 Å². The van der Waals surface area contributed by atoms with Crippen molar-refractivity contribution in [3.05, 3.63) is 0 Å². The van der Waals surface area contributed by atoms with E-state index in [2.05, 4.69) is 13.8 Å². The third kappa shape index (κ3) is 4.38. The highest BCUT2D eigenvalue weighted by Gasteiger charge is 2.40. The van der Waals surface area contributed by atoms with E-state index in [-0.39, 0.29) is 0 Å². The summed E-state index contributed by atoms with van der Waals surface area (Å²) in [5.74, 6) is 1.12. The topological polar surface area (TPSA) is 26.3 Å². The molecular weight excluding hydrogens is 224 g/mol. The van der Waals surface area contributed by atoms with Gasteiger partial charge >= 0.3 is 0 Å². The Hall–Kier alpha value is -0.370. The molecule has 0 spiro atoms. The van der Waals surface area contributed by atoms with Crippen LogP contribution in [0.25, 0.3) is 0 Å². The first-order valence-electron chi connectivity index (χ1n) is 7.82. The first-order valence-corrected chi connectivity index (χ1v) is 7.82. The molecule has 0 N–H and O–H groups in total. The number of unbranched alkanes of at least 4 members (excludes halogenated alkanes) is 3. The molecule has 0 radical (unpaired) electrons. The lowest BCUT2D eigenvalue weighted by Gasteiger charge is -2.38. The Bertz CT molecular complexity index is 239. The average Bonchev–Trinajstić information content (AvgIpc) is 2.37. The third-order valence-corrected chi connectivity index (χ3v) is 4.27. The minimum atomic E-state index is -0.423. The molecule has 0 atom stereocenters. The van der Waals surface area contributed by atoms with Crippen LogP contribution in [0, 0.1) is 5.92 Å². The van der Waals surface area contributed by atoms with Crippen molar-refractivity contribution in [2.75, 3.05) is 6.61 Å². The lowest BCUT2D eigenvalue weighted by Crippen LogP contribution is -2.44. The van der Waals surface area contributed by atoms with Gasteiger partial charge in [-0.1, -0.05) is 33.1 Å². The van der Waals surface area contributed by atoms with Crippen LogP contribution in [0.15, 0.2) is 0 Å². The molecule has 0 aliphatic heterocycles. The Balaban J connectivity index is 2.47. The summed E-state index contributed by atoms with van der Waals surface area (Å²) in [6.07, 6.45) is 9.56. The highest BCUT2D eigenvalue weighted by Crippen LogP contribution is 2.36. The molecule has 0 bridgehead atoms. The molecular formula is C16H30O2. The highest BCUT2D eigenvalue weighted by atomic mass is 16.5. The van der Waals surface area contributed by atoms with Crippen molar-refractivity contribution in [3.63, 3.8) is 0 Å². The molecule has 0 amide bonds. The maximum atomic E-state index is 12.5. The number of ether oxygens (including phenoxy) is 1. The van der Waals surface area contributed by atoms with Crippen molar-refractivity contribution >= 4 is 5.78 Å². The fourth-order valence-corrected chi connectivity index (χ4v) is 2.95. The lowest BCUT2D eigenvalue weighted by atomic mass is 9.76. The van der Waals surface area contributed by atoms with Crippen LogP contribution in [-0.2, 0) is 9.53 Å². The number of rotatable bonds is 8. The van der Waals surface area contributed by atoms with Gasteiger partial charge in [-0.2, -0.15) is 0 Å². The summed E-state index contributed by atoms with van der Waals surface area (Å²) in [6.45, 7) is 7.15. The molecule has 0 saturated heterocycles.